The number of rotatable bonds is 8. The van der Waals surface area contributed by atoms with Crippen molar-refractivity contribution in [3.63, 3.8) is 0 Å². The quantitative estimate of drug-likeness (QED) is 0.473. The van der Waals surface area contributed by atoms with Gasteiger partial charge in [-0.2, -0.15) is 9.57 Å². The van der Waals surface area contributed by atoms with Crippen LogP contribution in [0, 0.1) is 23.0 Å². The Balaban J connectivity index is 1.63. The highest BCUT2D eigenvalue weighted by atomic mass is 32.2. The van der Waals surface area contributed by atoms with Crippen LogP contribution < -0.4 is 10.5 Å². The third-order valence-electron chi connectivity index (χ3n) is 5.91. The number of nitrogens with two attached hydrogens (primary N) is 1. The molecule has 8 nitrogen and oxygen atoms in total. The van der Waals surface area contributed by atoms with Crippen LogP contribution >= 0.6 is 0 Å². The predicted molar refractivity (Wildman–Crippen MR) is 124 cm³/mol. The van der Waals surface area contributed by atoms with Crippen molar-refractivity contribution < 1.29 is 31.8 Å². The number of nitrogens with zero attached hydrogens (tertiary/aromatic N) is 2. The summed E-state index contributed by atoms with van der Waals surface area (Å²) in [5.74, 6) is -3.03. The standard InChI is InChI=1S/C25H21F2N3O5S/c26-21-9-6-18(12-22(21)27)25(35-19-7-4-16(13-28)5-8-19)14-30(15-25)36(33,34)20-3-1-2-17(10-20)11-23(29)24(31)32/h1-10,12,23H,11,14-15,29H2,(H,31,32)/t23-/m0/s1. The number of halogens is 2. The van der Waals surface area contributed by atoms with Gasteiger partial charge in [0.15, 0.2) is 17.2 Å². The van der Waals surface area contributed by atoms with Crippen molar-refractivity contribution in [2.75, 3.05) is 13.1 Å². The maximum atomic E-state index is 14.1. The van der Waals surface area contributed by atoms with E-state index in [4.69, 9.17) is 20.8 Å². The second-order valence-electron chi connectivity index (χ2n) is 8.43. The van der Waals surface area contributed by atoms with Gasteiger partial charge in [-0.3, -0.25) is 4.79 Å². The minimum absolute atomic E-state index is 0.0563. The summed E-state index contributed by atoms with van der Waals surface area (Å²) >= 11 is 0. The van der Waals surface area contributed by atoms with Gasteiger partial charge in [0.2, 0.25) is 10.0 Å². The van der Waals surface area contributed by atoms with Crippen LogP contribution in [0.25, 0.3) is 0 Å². The van der Waals surface area contributed by atoms with Crippen LogP contribution in [0.1, 0.15) is 16.7 Å². The van der Waals surface area contributed by atoms with Crippen LogP contribution in [0.4, 0.5) is 8.78 Å². The van der Waals surface area contributed by atoms with Crippen LogP contribution in [-0.4, -0.2) is 42.9 Å². The van der Waals surface area contributed by atoms with Crippen LogP contribution in [0.2, 0.25) is 0 Å². The van der Waals surface area contributed by atoms with E-state index in [0.29, 0.717) is 16.9 Å². The fourth-order valence-electron chi connectivity index (χ4n) is 3.93. The third kappa shape index (κ3) is 4.92. The monoisotopic (exact) mass is 513 g/mol. The lowest BCUT2D eigenvalue weighted by atomic mass is 9.87. The largest absolute Gasteiger partial charge is 0.480 e. The highest BCUT2D eigenvalue weighted by Gasteiger charge is 2.52. The molecule has 3 N–H and O–H groups in total. The maximum absolute atomic E-state index is 14.1. The molecular formula is C25H21F2N3O5S. The van der Waals surface area contributed by atoms with E-state index in [1.165, 1.54) is 48.5 Å². The molecule has 4 rings (SSSR count). The lowest BCUT2D eigenvalue weighted by Gasteiger charge is -2.48. The summed E-state index contributed by atoms with van der Waals surface area (Å²) in [4.78, 5) is 11.0. The van der Waals surface area contributed by atoms with E-state index in [1.54, 1.807) is 6.07 Å². The van der Waals surface area contributed by atoms with Crippen molar-refractivity contribution in [2.45, 2.75) is 23.0 Å². The highest BCUT2D eigenvalue weighted by Crippen LogP contribution is 2.40. The summed E-state index contributed by atoms with van der Waals surface area (Å²) in [5.41, 5.74) is 5.34. The Hall–Kier alpha value is -3.85. The molecular weight excluding hydrogens is 492 g/mol. The Bertz CT molecular complexity index is 1450. The Labute approximate surface area is 206 Å². The molecule has 0 unspecified atom stereocenters. The molecule has 36 heavy (non-hydrogen) atoms. The zero-order valence-electron chi connectivity index (χ0n) is 18.8. The van der Waals surface area contributed by atoms with E-state index < -0.39 is 39.3 Å². The molecule has 1 fully saturated rings. The molecule has 0 bridgehead atoms. The second-order valence-corrected chi connectivity index (χ2v) is 10.4. The van der Waals surface area contributed by atoms with E-state index in [9.17, 15) is 22.0 Å². The molecule has 11 heteroatoms. The van der Waals surface area contributed by atoms with Gasteiger partial charge < -0.3 is 15.6 Å². The van der Waals surface area contributed by atoms with Crippen molar-refractivity contribution >= 4 is 16.0 Å². The lowest BCUT2D eigenvalue weighted by Crippen LogP contribution is -2.64. The highest BCUT2D eigenvalue weighted by molar-refractivity contribution is 7.89. The summed E-state index contributed by atoms with van der Waals surface area (Å²) in [7, 11) is -4.03. The molecule has 186 valence electrons. The molecule has 1 aliphatic heterocycles. The van der Waals surface area contributed by atoms with Crippen molar-refractivity contribution in [1.29, 1.82) is 5.26 Å². The van der Waals surface area contributed by atoms with Gasteiger partial charge in [0, 0.05) is 5.56 Å². The van der Waals surface area contributed by atoms with Crippen LogP contribution in [0.3, 0.4) is 0 Å². The Kier molecular flexibility index (Phi) is 6.77. The van der Waals surface area contributed by atoms with E-state index in [0.717, 1.165) is 16.4 Å². The smallest absolute Gasteiger partial charge is 0.320 e. The Morgan fingerprint density at radius 3 is 2.42 bits per heavy atom. The molecule has 0 radical (unpaired) electrons. The van der Waals surface area contributed by atoms with E-state index >= 15 is 0 Å². The first kappa shape index (κ1) is 25.2. The van der Waals surface area contributed by atoms with Gasteiger partial charge in [0.1, 0.15) is 11.8 Å². The molecule has 1 saturated heterocycles. The zero-order chi connectivity index (χ0) is 26.1. The molecule has 1 heterocycles. The predicted octanol–water partition coefficient (Wildman–Crippen LogP) is 2.77. The number of aliphatic carboxylic acids is 1. The molecule has 1 atom stereocenters. The first-order valence-corrected chi connectivity index (χ1v) is 12.2. The maximum Gasteiger partial charge on any atom is 0.320 e. The molecule has 0 saturated carbocycles. The van der Waals surface area contributed by atoms with Crippen molar-refractivity contribution in [2.24, 2.45) is 5.73 Å². The summed E-state index contributed by atoms with van der Waals surface area (Å²) in [6.07, 6.45) is -0.0563. The minimum atomic E-state index is -4.03. The number of carboxylic acids is 1. The summed E-state index contributed by atoms with van der Waals surface area (Å²) in [5, 5.41) is 18.0. The third-order valence-corrected chi connectivity index (χ3v) is 7.70. The first-order chi connectivity index (χ1) is 17.0. The fraction of sp³-hybridized carbons (Fsp3) is 0.200. The Morgan fingerprint density at radius 1 is 1.11 bits per heavy atom. The number of sulfonamides is 1. The molecule has 3 aromatic rings. The summed E-state index contributed by atoms with van der Waals surface area (Å²) < 4.78 is 61.5. The van der Waals surface area contributed by atoms with Crippen molar-refractivity contribution in [3.8, 4) is 11.8 Å². The number of ether oxygens (including phenoxy) is 1. The molecule has 3 aromatic carbocycles. The van der Waals surface area contributed by atoms with E-state index in [1.807, 2.05) is 6.07 Å². The molecule has 0 aromatic heterocycles. The van der Waals surface area contributed by atoms with Crippen LogP contribution in [-0.2, 0) is 26.8 Å². The van der Waals surface area contributed by atoms with Crippen LogP contribution in [0.5, 0.6) is 5.75 Å². The average Bonchev–Trinajstić information content (AvgIpc) is 2.83. The van der Waals surface area contributed by atoms with Crippen molar-refractivity contribution in [3.05, 3.63) is 95.1 Å². The van der Waals surface area contributed by atoms with Gasteiger partial charge in [-0.05, 0) is 60.5 Å². The van der Waals surface area contributed by atoms with Gasteiger partial charge >= 0.3 is 5.97 Å². The summed E-state index contributed by atoms with van der Waals surface area (Å²) in [6.45, 7) is -0.390. The average molecular weight is 514 g/mol. The van der Waals surface area contributed by atoms with E-state index in [-0.39, 0.29) is 30.0 Å². The van der Waals surface area contributed by atoms with Gasteiger partial charge in [0.05, 0.1) is 29.6 Å². The van der Waals surface area contributed by atoms with Gasteiger partial charge in [0.25, 0.3) is 0 Å². The number of hydrogen-bond donors (Lipinski definition) is 2. The molecule has 0 amide bonds. The molecule has 0 spiro atoms. The van der Waals surface area contributed by atoms with Crippen molar-refractivity contribution in [1.82, 2.24) is 4.31 Å². The second kappa shape index (κ2) is 9.66. The number of carboxylic acid groups (broad SMARTS) is 1. The topological polar surface area (TPSA) is 134 Å². The zero-order valence-corrected chi connectivity index (χ0v) is 19.6. The minimum Gasteiger partial charge on any atom is -0.480 e. The van der Waals surface area contributed by atoms with Crippen LogP contribution in [0.15, 0.2) is 71.6 Å². The number of hydrogen-bond acceptors (Lipinski definition) is 6. The first-order valence-electron chi connectivity index (χ1n) is 10.8. The number of benzene rings is 3. The van der Waals surface area contributed by atoms with Gasteiger partial charge in [-0.1, -0.05) is 18.2 Å². The normalized spacial score (nSPS) is 15.9. The fourth-order valence-corrected chi connectivity index (χ4v) is 5.53. The lowest BCUT2D eigenvalue weighted by molar-refractivity contribution is -0.138. The number of carbonyl (C=O) groups is 1. The SMILES string of the molecule is N#Cc1ccc(OC2(c3ccc(F)c(F)c3)CN(S(=O)(=O)c3cccc(C[C@H](N)C(=O)O)c3)C2)cc1. The molecule has 0 aliphatic carbocycles. The van der Waals surface area contributed by atoms with E-state index in [2.05, 4.69) is 0 Å². The van der Waals surface area contributed by atoms with Gasteiger partial charge in [-0.25, -0.2) is 17.2 Å². The Morgan fingerprint density at radius 2 is 1.81 bits per heavy atom. The molecule has 1 aliphatic rings. The summed E-state index contributed by atoms with van der Waals surface area (Å²) in [6, 6.07) is 16.0. The van der Waals surface area contributed by atoms with Gasteiger partial charge in [-0.15, -0.1) is 0 Å². The number of nitriles is 1.